The molecule has 1 aromatic heterocycles. The summed E-state index contributed by atoms with van der Waals surface area (Å²) in [7, 11) is 1.76. The molecule has 4 atom stereocenters. The number of fused-ring (bicyclic) bond motifs is 1. The van der Waals surface area contributed by atoms with Gasteiger partial charge in [0.25, 0.3) is 11.8 Å². The molecule has 2 fully saturated rings. The van der Waals surface area contributed by atoms with Gasteiger partial charge in [0.1, 0.15) is 16.6 Å². The third kappa shape index (κ3) is 4.61. The highest BCUT2D eigenvalue weighted by atomic mass is 32.2. The summed E-state index contributed by atoms with van der Waals surface area (Å²) in [5, 5.41) is 14.2. The second-order valence-corrected chi connectivity index (χ2v) is 11.5. The van der Waals surface area contributed by atoms with Gasteiger partial charge in [-0.05, 0) is 49.1 Å². The minimum Gasteiger partial charge on any atom is -0.381 e. The van der Waals surface area contributed by atoms with Gasteiger partial charge in [0.2, 0.25) is 5.91 Å². The summed E-state index contributed by atoms with van der Waals surface area (Å²) in [6, 6.07) is 19.3. The standard InChI is InChI=1S/C29H32N4O4S/c1-19-10-7-8-13-21(19)17-33-28(37)25-29(33,2)38-18-32(25)27(36)24(34)22(16-20-11-5-4-6-12-20)30-26(35)23-14-9-15-31(23)3/h4-15,22,24-25,34H,16-18H2,1-3H3,(H,30,35)/t22-,24-,25+,29?/m0/s1. The Morgan fingerprint density at radius 3 is 2.50 bits per heavy atom. The highest BCUT2D eigenvalue weighted by Crippen LogP contribution is 2.51. The number of aliphatic hydroxyl groups is 1. The molecule has 5 rings (SSSR count). The van der Waals surface area contributed by atoms with Gasteiger partial charge in [-0.1, -0.05) is 54.6 Å². The second-order valence-electron chi connectivity index (χ2n) is 10.1. The number of β-lactam (4-membered cyclic amide) rings is 1. The Labute approximate surface area is 226 Å². The van der Waals surface area contributed by atoms with Crippen LogP contribution in [0.2, 0.25) is 0 Å². The summed E-state index contributed by atoms with van der Waals surface area (Å²) in [5.41, 5.74) is 3.47. The normalized spacial score (nSPS) is 22.0. The van der Waals surface area contributed by atoms with E-state index in [0.29, 0.717) is 12.2 Å². The number of carbonyl (C=O) groups is 3. The van der Waals surface area contributed by atoms with Crippen molar-refractivity contribution >= 4 is 29.5 Å². The number of amides is 3. The zero-order chi connectivity index (χ0) is 27.0. The molecule has 198 valence electrons. The van der Waals surface area contributed by atoms with Crippen LogP contribution in [0.1, 0.15) is 34.1 Å². The maximum atomic E-state index is 13.6. The number of aromatic nitrogens is 1. The number of nitrogens with one attached hydrogen (secondary N) is 1. The fourth-order valence-corrected chi connectivity index (χ4v) is 6.68. The first kappa shape index (κ1) is 26.1. The molecule has 0 aliphatic carbocycles. The average molecular weight is 533 g/mol. The van der Waals surface area contributed by atoms with E-state index in [-0.39, 0.29) is 24.1 Å². The molecule has 3 amide bonds. The van der Waals surface area contributed by atoms with Crippen LogP contribution < -0.4 is 5.32 Å². The third-order valence-corrected chi connectivity index (χ3v) is 9.08. The fourth-order valence-electron chi connectivity index (χ4n) is 5.31. The lowest BCUT2D eigenvalue weighted by Gasteiger charge is -2.53. The lowest BCUT2D eigenvalue weighted by molar-refractivity contribution is -0.168. The first-order chi connectivity index (χ1) is 18.2. The number of hydrogen-bond donors (Lipinski definition) is 2. The lowest BCUT2D eigenvalue weighted by atomic mass is 9.91. The molecule has 2 N–H and O–H groups in total. The van der Waals surface area contributed by atoms with Crippen molar-refractivity contribution in [2.75, 3.05) is 5.88 Å². The highest BCUT2D eigenvalue weighted by molar-refractivity contribution is 8.01. The first-order valence-electron chi connectivity index (χ1n) is 12.7. The molecule has 2 aromatic carbocycles. The maximum absolute atomic E-state index is 13.6. The molecular formula is C29H32N4O4S. The zero-order valence-corrected chi connectivity index (χ0v) is 22.5. The summed E-state index contributed by atoms with van der Waals surface area (Å²) >= 11 is 1.52. The average Bonchev–Trinajstić information content (AvgIpc) is 3.48. The number of hydrogen-bond acceptors (Lipinski definition) is 5. The Morgan fingerprint density at radius 2 is 1.82 bits per heavy atom. The van der Waals surface area contributed by atoms with E-state index in [2.05, 4.69) is 5.32 Å². The third-order valence-electron chi connectivity index (χ3n) is 7.65. The maximum Gasteiger partial charge on any atom is 0.268 e. The summed E-state index contributed by atoms with van der Waals surface area (Å²) in [5.74, 6) is -0.774. The highest BCUT2D eigenvalue weighted by Gasteiger charge is 2.65. The molecule has 3 heterocycles. The van der Waals surface area contributed by atoms with Crippen molar-refractivity contribution in [1.82, 2.24) is 19.7 Å². The Hall–Kier alpha value is -3.56. The topological polar surface area (TPSA) is 94.9 Å². The number of carbonyl (C=O) groups excluding carboxylic acids is 3. The fraction of sp³-hybridized carbons (Fsp3) is 0.345. The van der Waals surface area contributed by atoms with Crippen molar-refractivity contribution in [2.24, 2.45) is 7.05 Å². The van der Waals surface area contributed by atoms with Gasteiger partial charge in [-0.25, -0.2) is 0 Å². The Bertz CT molecular complexity index is 1360. The molecule has 0 radical (unpaired) electrons. The van der Waals surface area contributed by atoms with E-state index >= 15 is 0 Å². The molecule has 2 aliphatic heterocycles. The molecule has 1 unspecified atom stereocenters. The summed E-state index contributed by atoms with van der Waals surface area (Å²) in [6.45, 7) is 4.46. The number of aryl methyl sites for hydroxylation is 2. The molecule has 2 aliphatic rings. The first-order valence-corrected chi connectivity index (χ1v) is 13.6. The van der Waals surface area contributed by atoms with E-state index in [4.69, 9.17) is 0 Å². The smallest absolute Gasteiger partial charge is 0.268 e. The monoisotopic (exact) mass is 532 g/mol. The van der Waals surface area contributed by atoms with Gasteiger partial charge in [0.05, 0.1) is 11.9 Å². The van der Waals surface area contributed by atoms with Crippen LogP contribution in [0.25, 0.3) is 0 Å². The van der Waals surface area contributed by atoms with E-state index < -0.39 is 29.0 Å². The summed E-state index contributed by atoms with van der Waals surface area (Å²) < 4.78 is 1.68. The molecule has 0 spiro atoms. The van der Waals surface area contributed by atoms with Crippen LogP contribution in [-0.2, 0) is 29.6 Å². The molecule has 3 aromatic rings. The number of likely N-dealkylation sites (tertiary alicyclic amines) is 1. The number of rotatable bonds is 8. The van der Waals surface area contributed by atoms with E-state index in [0.717, 1.165) is 16.7 Å². The zero-order valence-electron chi connectivity index (χ0n) is 21.7. The van der Waals surface area contributed by atoms with Crippen LogP contribution in [0.15, 0.2) is 72.9 Å². The summed E-state index contributed by atoms with van der Waals surface area (Å²) in [4.78, 5) is 42.7. The van der Waals surface area contributed by atoms with Gasteiger partial charge < -0.3 is 24.8 Å². The van der Waals surface area contributed by atoms with Crippen LogP contribution >= 0.6 is 11.8 Å². The van der Waals surface area contributed by atoms with Crippen LogP contribution in [0, 0.1) is 6.92 Å². The van der Waals surface area contributed by atoms with E-state index in [1.807, 2.05) is 73.3 Å². The van der Waals surface area contributed by atoms with Crippen molar-refractivity contribution < 1.29 is 19.5 Å². The molecular weight excluding hydrogens is 500 g/mol. The number of aliphatic hydroxyl groups excluding tert-OH is 1. The van der Waals surface area contributed by atoms with Crippen LogP contribution in [-0.4, -0.2) is 66.1 Å². The predicted octanol–water partition coefficient (Wildman–Crippen LogP) is 2.70. The van der Waals surface area contributed by atoms with Crippen molar-refractivity contribution in [2.45, 2.75) is 49.9 Å². The molecule has 8 nitrogen and oxygen atoms in total. The minimum absolute atomic E-state index is 0.131. The van der Waals surface area contributed by atoms with Crippen LogP contribution in [0.4, 0.5) is 0 Å². The van der Waals surface area contributed by atoms with Gasteiger partial charge in [-0.3, -0.25) is 14.4 Å². The number of benzene rings is 2. The minimum atomic E-state index is -1.51. The van der Waals surface area contributed by atoms with Gasteiger partial charge in [0, 0.05) is 19.8 Å². The van der Waals surface area contributed by atoms with E-state index in [1.54, 1.807) is 29.9 Å². The lowest BCUT2D eigenvalue weighted by Crippen LogP contribution is -2.73. The van der Waals surface area contributed by atoms with Crippen molar-refractivity contribution in [3.8, 4) is 0 Å². The van der Waals surface area contributed by atoms with Gasteiger partial charge in [-0.15, -0.1) is 11.8 Å². The SMILES string of the molecule is Cc1ccccc1CN1C(=O)[C@H]2N(C(=O)[C@@H](O)[C@H](Cc3ccccc3)NC(=O)c3cccn3C)CSC21C. The Morgan fingerprint density at radius 1 is 1.11 bits per heavy atom. The van der Waals surface area contributed by atoms with Gasteiger partial charge in [-0.2, -0.15) is 0 Å². The molecule has 0 bridgehead atoms. The summed E-state index contributed by atoms with van der Waals surface area (Å²) in [6.07, 6.45) is 0.511. The van der Waals surface area contributed by atoms with Crippen LogP contribution in [0.3, 0.4) is 0 Å². The van der Waals surface area contributed by atoms with E-state index in [9.17, 15) is 19.5 Å². The molecule has 38 heavy (non-hydrogen) atoms. The van der Waals surface area contributed by atoms with Crippen molar-refractivity contribution in [1.29, 1.82) is 0 Å². The van der Waals surface area contributed by atoms with Crippen LogP contribution in [0.5, 0.6) is 0 Å². The quantitative estimate of drug-likeness (QED) is 0.435. The van der Waals surface area contributed by atoms with Crippen molar-refractivity contribution in [3.63, 3.8) is 0 Å². The molecule has 0 saturated carbocycles. The van der Waals surface area contributed by atoms with E-state index in [1.165, 1.54) is 16.7 Å². The number of nitrogens with zero attached hydrogens (tertiary/aromatic N) is 3. The largest absolute Gasteiger partial charge is 0.381 e. The number of thioether (sulfide) groups is 1. The van der Waals surface area contributed by atoms with Crippen molar-refractivity contribution in [3.05, 3.63) is 95.3 Å². The molecule has 9 heteroatoms. The van der Waals surface area contributed by atoms with Gasteiger partial charge in [0.15, 0.2) is 6.10 Å². The molecule has 2 saturated heterocycles. The Balaban J connectivity index is 1.34. The second kappa shape index (κ2) is 10.3. The van der Waals surface area contributed by atoms with Gasteiger partial charge >= 0.3 is 0 Å². The Kier molecular flexibility index (Phi) is 7.07. The predicted molar refractivity (Wildman–Crippen MR) is 146 cm³/mol.